The largest absolute Gasteiger partial charge is 0.426 e. The highest BCUT2D eigenvalue weighted by Crippen LogP contribution is 2.20. The number of rotatable bonds is 4. The molecule has 0 saturated carbocycles. The minimum Gasteiger partial charge on any atom is -0.426 e. The number of carbonyl (C=O) groups excluding carboxylic acids is 1. The van der Waals surface area contributed by atoms with E-state index in [-0.39, 0.29) is 6.42 Å². The fourth-order valence-corrected chi connectivity index (χ4v) is 1.75. The Morgan fingerprint density at radius 3 is 2.21 bits per heavy atom. The number of hydrogen-bond donors (Lipinski definition) is 0. The summed E-state index contributed by atoms with van der Waals surface area (Å²) in [4.78, 5) is 11.8. The summed E-state index contributed by atoms with van der Waals surface area (Å²) >= 11 is 0. The van der Waals surface area contributed by atoms with Gasteiger partial charge in [-0.2, -0.15) is 5.26 Å². The second kappa shape index (κ2) is 6.36. The van der Waals surface area contributed by atoms with Crippen molar-refractivity contribution in [1.82, 2.24) is 0 Å². The molecule has 0 heterocycles. The predicted molar refractivity (Wildman–Crippen MR) is 71.5 cm³/mol. The Hall–Kier alpha value is -2.60. The number of esters is 1. The molecule has 0 radical (unpaired) electrons. The lowest BCUT2D eigenvalue weighted by Gasteiger charge is -2.09. The third-order valence-corrected chi connectivity index (χ3v) is 2.70. The number of hydrogen-bond acceptors (Lipinski definition) is 3. The van der Waals surface area contributed by atoms with Crippen molar-refractivity contribution in [3.8, 4) is 11.8 Å². The number of nitrogens with zero attached hydrogens (tertiary/aromatic N) is 1. The first-order valence-electron chi connectivity index (χ1n) is 6.00. The maximum atomic E-state index is 11.8. The van der Waals surface area contributed by atoms with Gasteiger partial charge in [0.05, 0.1) is 18.4 Å². The fourth-order valence-electron chi connectivity index (χ4n) is 1.75. The Morgan fingerprint density at radius 2 is 1.63 bits per heavy atom. The molecule has 0 aliphatic heterocycles. The molecular weight excluding hydrogens is 238 g/mol. The molecule has 0 aromatic heterocycles. The van der Waals surface area contributed by atoms with Gasteiger partial charge in [0.25, 0.3) is 0 Å². The van der Waals surface area contributed by atoms with E-state index in [1.807, 2.05) is 36.4 Å². The third-order valence-electron chi connectivity index (χ3n) is 2.70. The predicted octanol–water partition coefficient (Wildman–Crippen LogP) is 3.29. The van der Waals surface area contributed by atoms with Gasteiger partial charge >= 0.3 is 5.97 Å². The van der Waals surface area contributed by atoms with Gasteiger partial charge in [0, 0.05) is 0 Å². The summed E-state index contributed by atoms with van der Waals surface area (Å²) in [6.07, 6.45) is 0.0510. The maximum absolute atomic E-state index is 11.8. The molecule has 0 aliphatic rings. The zero-order chi connectivity index (χ0) is 13.5. The van der Waals surface area contributed by atoms with E-state index in [0.29, 0.717) is 5.75 Å². The molecule has 0 aliphatic carbocycles. The van der Waals surface area contributed by atoms with Crippen molar-refractivity contribution >= 4 is 5.97 Å². The van der Waals surface area contributed by atoms with Gasteiger partial charge in [-0.15, -0.1) is 0 Å². The van der Waals surface area contributed by atoms with Crippen molar-refractivity contribution in [2.24, 2.45) is 0 Å². The average molecular weight is 251 g/mol. The smallest absolute Gasteiger partial charge is 0.312 e. The van der Waals surface area contributed by atoms with Gasteiger partial charge in [0.15, 0.2) is 0 Å². The van der Waals surface area contributed by atoms with Crippen LogP contribution < -0.4 is 4.74 Å². The van der Waals surface area contributed by atoms with Crippen LogP contribution in [0, 0.1) is 11.3 Å². The van der Waals surface area contributed by atoms with Crippen LogP contribution in [0.25, 0.3) is 0 Å². The molecule has 3 heteroatoms. The molecule has 94 valence electrons. The number of benzene rings is 2. The normalized spacial score (nSPS) is 11.3. The van der Waals surface area contributed by atoms with Gasteiger partial charge in [0.2, 0.25) is 0 Å². The maximum Gasteiger partial charge on any atom is 0.312 e. The fraction of sp³-hybridized carbons (Fsp3) is 0.125. The molecular formula is C16H13NO2. The average Bonchev–Trinajstić information content (AvgIpc) is 2.47. The second-order valence-electron chi connectivity index (χ2n) is 4.08. The number of ether oxygens (including phenoxy) is 1. The van der Waals surface area contributed by atoms with E-state index in [1.54, 1.807) is 24.3 Å². The van der Waals surface area contributed by atoms with E-state index in [2.05, 4.69) is 6.07 Å². The van der Waals surface area contributed by atoms with Crippen LogP contribution in [0.3, 0.4) is 0 Å². The Morgan fingerprint density at radius 1 is 1.05 bits per heavy atom. The van der Waals surface area contributed by atoms with Gasteiger partial charge in [0.1, 0.15) is 5.75 Å². The molecule has 1 atom stereocenters. The molecule has 0 saturated heterocycles. The van der Waals surface area contributed by atoms with Crippen molar-refractivity contribution in [2.75, 3.05) is 0 Å². The summed E-state index contributed by atoms with van der Waals surface area (Å²) in [5.74, 6) is -0.378. The van der Waals surface area contributed by atoms with E-state index < -0.39 is 11.9 Å². The minimum atomic E-state index is -0.475. The van der Waals surface area contributed by atoms with Crippen LogP contribution in [-0.2, 0) is 4.79 Å². The van der Waals surface area contributed by atoms with Crippen molar-refractivity contribution < 1.29 is 9.53 Å². The molecule has 19 heavy (non-hydrogen) atoms. The summed E-state index contributed by atoms with van der Waals surface area (Å²) in [6, 6.07) is 20.2. The summed E-state index contributed by atoms with van der Waals surface area (Å²) < 4.78 is 5.18. The molecule has 0 fully saturated rings. The molecule has 2 aromatic carbocycles. The number of carbonyl (C=O) groups is 1. The van der Waals surface area contributed by atoms with Crippen LogP contribution >= 0.6 is 0 Å². The van der Waals surface area contributed by atoms with Crippen molar-refractivity contribution in [3.05, 3.63) is 66.2 Å². The van der Waals surface area contributed by atoms with Crippen LogP contribution in [0.5, 0.6) is 5.75 Å². The number of para-hydroxylation sites is 1. The highest BCUT2D eigenvalue weighted by molar-refractivity contribution is 5.73. The van der Waals surface area contributed by atoms with E-state index in [9.17, 15) is 4.79 Å². The quantitative estimate of drug-likeness (QED) is 0.619. The molecule has 2 aromatic rings. The molecule has 1 unspecified atom stereocenters. The Kier molecular flexibility index (Phi) is 4.30. The zero-order valence-electron chi connectivity index (χ0n) is 10.3. The van der Waals surface area contributed by atoms with Crippen molar-refractivity contribution in [3.63, 3.8) is 0 Å². The van der Waals surface area contributed by atoms with Gasteiger partial charge in [-0.05, 0) is 17.7 Å². The minimum absolute atomic E-state index is 0.0510. The summed E-state index contributed by atoms with van der Waals surface area (Å²) in [5.41, 5.74) is 0.829. The number of nitriles is 1. The van der Waals surface area contributed by atoms with Crippen LogP contribution in [0.2, 0.25) is 0 Å². The van der Waals surface area contributed by atoms with Crippen LogP contribution in [-0.4, -0.2) is 5.97 Å². The van der Waals surface area contributed by atoms with E-state index in [1.165, 1.54) is 0 Å². The molecule has 0 N–H and O–H groups in total. The van der Waals surface area contributed by atoms with Gasteiger partial charge in [-0.3, -0.25) is 4.79 Å². The first-order valence-corrected chi connectivity index (χ1v) is 6.00. The first kappa shape index (κ1) is 12.8. The first-order chi connectivity index (χ1) is 9.29. The van der Waals surface area contributed by atoms with Gasteiger partial charge < -0.3 is 4.74 Å². The molecule has 0 spiro atoms. The monoisotopic (exact) mass is 251 g/mol. The molecule has 0 bridgehead atoms. The van der Waals surface area contributed by atoms with E-state index in [0.717, 1.165) is 5.56 Å². The lowest BCUT2D eigenvalue weighted by Crippen LogP contribution is -2.12. The standard InChI is InChI=1S/C16H13NO2/c17-12-14(13-7-3-1-4-8-13)11-16(18)19-15-9-5-2-6-10-15/h1-10,14H,11H2. The van der Waals surface area contributed by atoms with E-state index >= 15 is 0 Å². The SMILES string of the molecule is N#CC(CC(=O)Oc1ccccc1)c1ccccc1. The Labute approximate surface area is 112 Å². The van der Waals surface area contributed by atoms with Crippen LogP contribution in [0.4, 0.5) is 0 Å². The lowest BCUT2D eigenvalue weighted by molar-refractivity contribution is -0.134. The van der Waals surface area contributed by atoms with Crippen LogP contribution in [0.1, 0.15) is 17.9 Å². The topological polar surface area (TPSA) is 50.1 Å². The zero-order valence-corrected chi connectivity index (χ0v) is 10.3. The second-order valence-corrected chi connectivity index (χ2v) is 4.08. The van der Waals surface area contributed by atoms with Gasteiger partial charge in [-0.1, -0.05) is 48.5 Å². The Bertz CT molecular complexity index is 573. The molecule has 0 amide bonds. The summed E-state index contributed by atoms with van der Waals surface area (Å²) in [6.45, 7) is 0. The molecule has 2 rings (SSSR count). The summed E-state index contributed by atoms with van der Waals surface area (Å²) in [5, 5.41) is 9.14. The van der Waals surface area contributed by atoms with Crippen molar-refractivity contribution in [1.29, 1.82) is 5.26 Å². The van der Waals surface area contributed by atoms with Gasteiger partial charge in [-0.25, -0.2) is 0 Å². The highest BCUT2D eigenvalue weighted by Gasteiger charge is 2.16. The van der Waals surface area contributed by atoms with Crippen LogP contribution in [0.15, 0.2) is 60.7 Å². The lowest BCUT2D eigenvalue weighted by atomic mass is 9.97. The van der Waals surface area contributed by atoms with E-state index in [4.69, 9.17) is 10.00 Å². The molecule has 3 nitrogen and oxygen atoms in total. The third kappa shape index (κ3) is 3.68. The Balaban J connectivity index is 2.00. The van der Waals surface area contributed by atoms with Crippen molar-refractivity contribution in [2.45, 2.75) is 12.3 Å². The highest BCUT2D eigenvalue weighted by atomic mass is 16.5. The summed E-state index contributed by atoms with van der Waals surface area (Å²) in [7, 11) is 0.